The van der Waals surface area contributed by atoms with Crippen LogP contribution >= 0.6 is 0 Å². The van der Waals surface area contributed by atoms with Gasteiger partial charge in [-0.25, -0.2) is 4.98 Å². The number of nitrogens with zero attached hydrogens (tertiary/aromatic N) is 2. The highest BCUT2D eigenvalue weighted by atomic mass is 19.4. The minimum absolute atomic E-state index is 0.0360. The molecule has 1 unspecified atom stereocenters. The highest BCUT2D eigenvalue weighted by molar-refractivity contribution is 5.99. The minimum atomic E-state index is -4.53. The zero-order chi connectivity index (χ0) is 15.6. The number of halogens is 3. The largest absolute Gasteiger partial charge is 0.433 e. The molecule has 1 aromatic heterocycles. The second kappa shape index (κ2) is 5.88. The van der Waals surface area contributed by atoms with Crippen molar-refractivity contribution in [2.24, 2.45) is 5.73 Å². The molecule has 1 aromatic rings. The second-order valence-corrected chi connectivity index (χ2v) is 4.99. The van der Waals surface area contributed by atoms with Crippen LogP contribution in [0.15, 0.2) is 12.1 Å². The lowest BCUT2D eigenvalue weighted by atomic mass is 10.1. The molecule has 0 radical (unpaired) electrons. The summed E-state index contributed by atoms with van der Waals surface area (Å²) in [7, 11) is 1.62. The predicted octanol–water partition coefficient (Wildman–Crippen LogP) is 2.00. The molecule has 0 bridgehead atoms. The Bertz CT molecular complexity index is 527. The zero-order valence-corrected chi connectivity index (χ0v) is 11.6. The number of ether oxygens (including phenoxy) is 1. The third-order valence-corrected chi connectivity index (χ3v) is 3.32. The molecule has 1 fully saturated rings. The number of pyridine rings is 1. The smallest absolute Gasteiger partial charge is 0.384 e. The summed E-state index contributed by atoms with van der Waals surface area (Å²) in [5, 5.41) is 7.48. The Hall–Kier alpha value is -1.83. The molecule has 1 atom stereocenters. The van der Waals surface area contributed by atoms with Crippen molar-refractivity contribution in [3.63, 3.8) is 0 Å². The van der Waals surface area contributed by atoms with E-state index in [4.69, 9.17) is 15.9 Å². The van der Waals surface area contributed by atoms with Crippen LogP contribution in [0.3, 0.4) is 0 Å². The van der Waals surface area contributed by atoms with Gasteiger partial charge in [-0.1, -0.05) is 0 Å². The average Bonchev–Trinajstić information content (AvgIpc) is 2.89. The fourth-order valence-corrected chi connectivity index (χ4v) is 2.29. The van der Waals surface area contributed by atoms with Crippen LogP contribution in [0.25, 0.3) is 0 Å². The van der Waals surface area contributed by atoms with Gasteiger partial charge >= 0.3 is 6.18 Å². The van der Waals surface area contributed by atoms with Gasteiger partial charge in [-0.2, -0.15) is 13.2 Å². The lowest BCUT2D eigenvalue weighted by Gasteiger charge is -2.24. The SMILES string of the molecule is CN(CC1CCCO1)c1nc(C(F)(F)F)ccc1C(=N)N. The Kier molecular flexibility index (Phi) is 4.36. The molecule has 2 heterocycles. The summed E-state index contributed by atoms with van der Waals surface area (Å²) in [5.74, 6) is -0.266. The highest BCUT2D eigenvalue weighted by Gasteiger charge is 2.34. The van der Waals surface area contributed by atoms with Gasteiger partial charge in [0.15, 0.2) is 0 Å². The number of alkyl halides is 3. The highest BCUT2D eigenvalue weighted by Crippen LogP contribution is 2.30. The Morgan fingerprint density at radius 1 is 1.52 bits per heavy atom. The van der Waals surface area contributed by atoms with Gasteiger partial charge in [0.2, 0.25) is 0 Å². The van der Waals surface area contributed by atoms with E-state index in [1.807, 2.05) is 0 Å². The number of nitrogens with two attached hydrogens (primary N) is 1. The topological polar surface area (TPSA) is 75.2 Å². The molecule has 0 amide bonds. The van der Waals surface area contributed by atoms with Crippen LogP contribution in [0.5, 0.6) is 0 Å². The quantitative estimate of drug-likeness (QED) is 0.659. The standard InChI is InChI=1S/C13H17F3N4O/c1-20(7-8-3-2-6-21-8)12-9(11(17)18)4-5-10(19-12)13(14,15)16/h4-5,8H,2-3,6-7H2,1H3,(H3,17,18). The molecule has 21 heavy (non-hydrogen) atoms. The summed E-state index contributed by atoms with van der Waals surface area (Å²) in [5.41, 5.74) is 4.61. The molecule has 116 valence electrons. The Labute approximate surface area is 120 Å². The first-order valence-electron chi connectivity index (χ1n) is 6.54. The number of hydrogen-bond donors (Lipinski definition) is 2. The molecule has 8 heteroatoms. The maximum Gasteiger partial charge on any atom is 0.433 e. The number of rotatable bonds is 4. The van der Waals surface area contributed by atoms with Crippen LogP contribution < -0.4 is 10.6 Å². The second-order valence-electron chi connectivity index (χ2n) is 4.99. The number of nitrogens with one attached hydrogen (secondary N) is 1. The Morgan fingerprint density at radius 3 is 2.76 bits per heavy atom. The van der Waals surface area contributed by atoms with E-state index in [1.54, 1.807) is 11.9 Å². The van der Waals surface area contributed by atoms with Crippen LogP contribution in [-0.4, -0.2) is 37.1 Å². The molecular weight excluding hydrogens is 285 g/mol. The van der Waals surface area contributed by atoms with Crippen molar-refractivity contribution in [2.75, 3.05) is 25.1 Å². The lowest BCUT2D eigenvalue weighted by Crippen LogP contribution is -2.32. The van der Waals surface area contributed by atoms with Crippen molar-refractivity contribution in [3.8, 4) is 0 Å². The van der Waals surface area contributed by atoms with Crippen molar-refractivity contribution >= 4 is 11.7 Å². The molecule has 1 saturated heterocycles. The number of amidine groups is 1. The van der Waals surface area contributed by atoms with Crippen LogP contribution in [0.4, 0.5) is 19.0 Å². The maximum atomic E-state index is 12.8. The van der Waals surface area contributed by atoms with Gasteiger partial charge in [-0.3, -0.25) is 5.41 Å². The zero-order valence-electron chi connectivity index (χ0n) is 11.6. The summed E-state index contributed by atoms with van der Waals surface area (Å²) in [4.78, 5) is 5.19. The predicted molar refractivity (Wildman–Crippen MR) is 72.5 cm³/mol. The molecule has 0 aromatic carbocycles. The van der Waals surface area contributed by atoms with Gasteiger partial charge in [0.25, 0.3) is 0 Å². The summed E-state index contributed by atoms with van der Waals surface area (Å²) >= 11 is 0. The van der Waals surface area contributed by atoms with Crippen molar-refractivity contribution in [1.82, 2.24) is 4.98 Å². The first-order valence-corrected chi connectivity index (χ1v) is 6.54. The molecule has 5 nitrogen and oxygen atoms in total. The number of hydrogen-bond acceptors (Lipinski definition) is 4. The van der Waals surface area contributed by atoms with Crippen molar-refractivity contribution in [3.05, 3.63) is 23.4 Å². The maximum absolute atomic E-state index is 12.8. The fourth-order valence-electron chi connectivity index (χ4n) is 2.29. The number of nitrogen functional groups attached to an aromatic ring is 1. The molecule has 0 spiro atoms. The van der Waals surface area contributed by atoms with Crippen molar-refractivity contribution in [1.29, 1.82) is 5.41 Å². The minimum Gasteiger partial charge on any atom is -0.384 e. The van der Waals surface area contributed by atoms with Crippen LogP contribution in [-0.2, 0) is 10.9 Å². The van der Waals surface area contributed by atoms with E-state index in [0.717, 1.165) is 18.9 Å². The van der Waals surface area contributed by atoms with E-state index < -0.39 is 11.9 Å². The van der Waals surface area contributed by atoms with Gasteiger partial charge in [-0.15, -0.1) is 0 Å². The van der Waals surface area contributed by atoms with Gasteiger partial charge in [0, 0.05) is 20.2 Å². The molecule has 2 rings (SSSR count). The van der Waals surface area contributed by atoms with Gasteiger partial charge in [0.1, 0.15) is 17.3 Å². The Morgan fingerprint density at radius 2 is 2.24 bits per heavy atom. The average molecular weight is 302 g/mol. The first-order chi connectivity index (χ1) is 9.79. The van der Waals surface area contributed by atoms with Gasteiger partial charge < -0.3 is 15.4 Å². The normalized spacial score (nSPS) is 18.8. The van der Waals surface area contributed by atoms with E-state index in [2.05, 4.69) is 4.98 Å². The number of aromatic nitrogens is 1. The number of likely N-dealkylation sites (N-methyl/N-ethyl adjacent to an activating group) is 1. The molecular formula is C13H17F3N4O. The van der Waals surface area contributed by atoms with Gasteiger partial charge in [0.05, 0.1) is 11.7 Å². The van der Waals surface area contributed by atoms with Crippen LogP contribution in [0.1, 0.15) is 24.1 Å². The van der Waals surface area contributed by atoms with Crippen molar-refractivity contribution in [2.45, 2.75) is 25.1 Å². The monoisotopic (exact) mass is 302 g/mol. The Balaban J connectivity index is 2.31. The summed E-state index contributed by atoms with van der Waals surface area (Å²) in [6.45, 7) is 1.07. The summed E-state index contributed by atoms with van der Waals surface area (Å²) in [6, 6.07) is 2.01. The van der Waals surface area contributed by atoms with Crippen molar-refractivity contribution < 1.29 is 17.9 Å². The van der Waals surface area contributed by atoms with E-state index >= 15 is 0 Å². The van der Waals surface area contributed by atoms with Crippen LogP contribution in [0, 0.1) is 5.41 Å². The summed E-state index contributed by atoms with van der Waals surface area (Å²) < 4.78 is 43.8. The summed E-state index contributed by atoms with van der Waals surface area (Å²) in [6.07, 6.45) is -2.77. The lowest BCUT2D eigenvalue weighted by molar-refractivity contribution is -0.141. The first kappa shape index (κ1) is 15.6. The fraction of sp³-hybridized carbons (Fsp3) is 0.538. The van der Waals surface area contributed by atoms with E-state index in [1.165, 1.54) is 6.07 Å². The van der Waals surface area contributed by atoms with Crippen LogP contribution in [0.2, 0.25) is 0 Å². The number of anilines is 1. The molecule has 0 saturated carbocycles. The van der Waals surface area contributed by atoms with E-state index in [9.17, 15) is 13.2 Å². The third kappa shape index (κ3) is 3.63. The van der Waals surface area contributed by atoms with Gasteiger partial charge in [-0.05, 0) is 25.0 Å². The molecule has 0 aliphatic carbocycles. The molecule has 3 N–H and O–H groups in total. The van der Waals surface area contributed by atoms with E-state index in [-0.39, 0.29) is 23.3 Å². The van der Waals surface area contributed by atoms with E-state index in [0.29, 0.717) is 13.2 Å². The third-order valence-electron chi connectivity index (χ3n) is 3.32. The molecule has 1 aliphatic heterocycles. The molecule has 1 aliphatic rings.